The lowest BCUT2D eigenvalue weighted by molar-refractivity contribution is -0.166. The molecule has 2 N–H and O–H groups in total. The number of hydrogen-bond donors (Lipinski definition) is 2. The van der Waals surface area contributed by atoms with E-state index in [2.05, 4.69) is 9.47 Å². The van der Waals surface area contributed by atoms with E-state index in [1.54, 1.807) is 0 Å². The van der Waals surface area contributed by atoms with Gasteiger partial charge in [-0.15, -0.1) is 0 Å². The van der Waals surface area contributed by atoms with Crippen molar-refractivity contribution in [3.05, 3.63) is 59.7 Å². The van der Waals surface area contributed by atoms with Crippen molar-refractivity contribution >= 4 is 23.5 Å². The Morgan fingerprint density at radius 1 is 0.633 bits per heavy atom. The molecule has 0 saturated heterocycles. The summed E-state index contributed by atoms with van der Waals surface area (Å²) in [7, 11) is 2.85. The van der Waals surface area contributed by atoms with Crippen molar-refractivity contribution in [3.8, 4) is 11.5 Å². The smallest absolute Gasteiger partial charge is 0.340 e. The summed E-state index contributed by atoms with van der Waals surface area (Å²) in [6.07, 6.45) is -5.00. The molecule has 30 heavy (non-hydrogen) atoms. The van der Waals surface area contributed by atoms with Gasteiger partial charge in [0, 0.05) is 0 Å². The zero-order valence-corrected chi connectivity index (χ0v) is 15.9. The third kappa shape index (κ3) is 5.63. The Kier molecular flexibility index (Phi) is 7.62. The van der Waals surface area contributed by atoms with E-state index in [0.717, 1.165) is 0 Å². The number of Topliss-reactive ketones (excluding diaryl/α,β-unsaturated/α-hetero) is 2. The molecule has 0 fully saturated rings. The van der Waals surface area contributed by atoms with Gasteiger partial charge < -0.3 is 29.2 Å². The molecule has 0 aliphatic rings. The summed E-state index contributed by atoms with van der Waals surface area (Å²) in [6, 6.07) is 11.0. The SMILES string of the molecule is COc1ccc(C(=O)OC(O)C(=O)C(=O)C(O)OC(=O)c2ccc(OC)cc2)cc1. The molecule has 2 atom stereocenters. The van der Waals surface area contributed by atoms with Crippen molar-refractivity contribution in [3.63, 3.8) is 0 Å². The van der Waals surface area contributed by atoms with E-state index in [1.165, 1.54) is 62.8 Å². The Morgan fingerprint density at radius 3 is 1.20 bits per heavy atom. The fraction of sp³-hybridized carbons (Fsp3) is 0.200. The lowest BCUT2D eigenvalue weighted by atomic mass is 10.2. The number of benzene rings is 2. The summed E-state index contributed by atoms with van der Waals surface area (Å²) in [5.41, 5.74) is -0.0526. The number of rotatable bonds is 9. The molecule has 0 radical (unpaired) electrons. The van der Waals surface area contributed by atoms with Crippen LogP contribution in [0.1, 0.15) is 20.7 Å². The molecule has 2 aromatic rings. The van der Waals surface area contributed by atoms with Crippen LogP contribution in [0.15, 0.2) is 48.5 Å². The first kappa shape index (κ1) is 22.5. The topological polar surface area (TPSA) is 146 Å². The van der Waals surface area contributed by atoms with E-state index in [1.807, 2.05) is 0 Å². The highest BCUT2D eigenvalue weighted by molar-refractivity contribution is 6.40. The number of aliphatic hydroxyl groups excluding tert-OH is 2. The summed E-state index contributed by atoms with van der Waals surface area (Å²) in [5, 5.41) is 19.3. The minimum atomic E-state index is -2.50. The lowest BCUT2D eigenvalue weighted by Crippen LogP contribution is -2.40. The van der Waals surface area contributed by atoms with Crippen LogP contribution in [0, 0.1) is 0 Å². The van der Waals surface area contributed by atoms with Gasteiger partial charge in [-0.2, -0.15) is 0 Å². The summed E-state index contributed by atoms with van der Waals surface area (Å²) >= 11 is 0. The van der Waals surface area contributed by atoms with Gasteiger partial charge in [0.25, 0.3) is 24.1 Å². The third-order valence-corrected chi connectivity index (χ3v) is 3.78. The molecule has 0 amide bonds. The molecule has 0 aromatic heterocycles. The number of esters is 2. The van der Waals surface area contributed by atoms with Gasteiger partial charge in [-0.25, -0.2) is 9.59 Å². The Hall–Kier alpha value is -3.76. The predicted octanol–water partition coefficient (Wildman–Crippen LogP) is 0.493. The standard InChI is InChI=1S/C20H18O10/c1-27-13-7-3-11(4-8-13)17(23)29-19(25)15(21)16(22)20(26)30-18(24)12-5-9-14(28-2)10-6-12/h3-10,19-20,25-26H,1-2H3. The normalized spacial score (nSPS) is 12.3. The van der Waals surface area contributed by atoms with Crippen LogP contribution in [0.25, 0.3) is 0 Å². The van der Waals surface area contributed by atoms with Crippen LogP contribution in [0.4, 0.5) is 0 Å². The van der Waals surface area contributed by atoms with Crippen LogP contribution in [0.3, 0.4) is 0 Å². The highest BCUT2D eigenvalue weighted by atomic mass is 16.7. The second-order valence-corrected chi connectivity index (χ2v) is 5.70. The molecule has 0 aliphatic carbocycles. The van der Waals surface area contributed by atoms with E-state index in [4.69, 9.17) is 9.47 Å². The van der Waals surface area contributed by atoms with E-state index >= 15 is 0 Å². The fourth-order valence-electron chi connectivity index (χ4n) is 2.14. The van der Waals surface area contributed by atoms with Gasteiger partial charge >= 0.3 is 11.9 Å². The molecule has 10 heteroatoms. The van der Waals surface area contributed by atoms with Crippen molar-refractivity contribution in [1.29, 1.82) is 0 Å². The van der Waals surface area contributed by atoms with Crippen molar-refractivity contribution in [2.75, 3.05) is 14.2 Å². The van der Waals surface area contributed by atoms with Crippen LogP contribution in [-0.4, -0.2) is 60.5 Å². The lowest BCUT2D eigenvalue weighted by Gasteiger charge is -2.14. The highest BCUT2D eigenvalue weighted by Gasteiger charge is 2.34. The number of aliphatic hydroxyl groups is 2. The molecule has 0 heterocycles. The van der Waals surface area contributed by atoms with Crippen molar-refractivity contribution < 1.29 is 48.3 Å². The van der Waals surface area contributed by atoms with E-state index in [0.29, 0.717) is 11.5 Å². The summed E-state index contributed by atoms with van der Waals surface area (Å²) in [5.74, 6) is -4.63. The first-order valence-corrected chi connectivity index (χ1v) is 8.41. The van der Waals surface area contributed by atoms with Gasteiger partial charge in [0.1, 0.15) is 11.5 Å². The molecule has 2 unspecified atom stereocenters. The minimum absolute atomic E-state index is 0.0263. The number of hydrogen-bond acceptors (Lipinski definition) is 10. The average molecular weight is 418 g/mol. The maximum Gasteiger partial charge on any atom is 0.340 e. The Morgan fingerprint density at radius 2 is 0.933 bits per heavy atom. The number of ketones is 2. The Labute approximate surface area is 170 Å². The molecule has 2 rings (SSSR count). The number of methoxy groups -OCH3 is 2. The molecule has 0 aliphatic heterocycles. The Bertz CT molecular complexity index is 840. The number of carbonyl (C=O) groups excluding carboxylic acids is 4. The molecular formula is C20H18O10. The van der Waals surface area contributed by atoms with Gasteiger partial charge in [-0.3, -0.25) is 9.59 Å². The minimum Gasteiger partial charge on any atom is -0.497 e. The van der Waals surface area contributed by atoms with Gasteiger partial charge in [0.05, 0.1) is 25.3 Å². The molecule has 2 aromatic carbocycles. The number of ether oxygens (including phenoxy) is 4. The Balaban J connectivity index is 1.94. The average Bonchev–Trinajstić information content (AvgIpc) is 2.77. The second-order valence-electron chi connectivity index (χ2n) is 5.70. The van der Waals surface area contributed by atoms with Gasteiger partial charge in [-0.1, -0.05) is 0 Å². The first-order chi connectivity index (χ1) is 14.3. The van der Waals surface area contributed by atoms with E-state index in [-0.39, 0.29) is 11.1 Å². The molecule has 0 saturated carbocycles. The zero-order chi connectivity index (χ0) is 22.3. The van der Waals surface area contributed by atoms with Crippen molar-refractivity contribution in [2.24, 2.45) is 0 Å². The van der Waals surface area contributed by atoms with E-state index in [9.17, 15) is 29.4 Å². The molecule has 10 nitrogen and oxygen atoms in total. The van der Waals surface area contributed by atoms with Crippen LogP contribution in [0.5, 0.6) is 11.5 Å². The van der Waals surface area contributed by atoms with Crippen LogP contribution < -0.4 is 9.47 Å². The highest BCUT2D eigenvalue weighted by Crippen LogP contribution is 2.14. The molecule has 0 spiro atoms. The summed E-state index contributed by atoms with van der Waals surface area (Å²) in [4.78, 5) is 47.6. The first-order valence-electron chi connectivity index (χ1n) is 8.41. The maximum absolute atomic E-state index is 11.9. The zero-order valence-electron chi connectivity index (χ0n) is 15.9. The third-order valence-electron chi connectivity index (χ3n) is 3.78. The van der Waals surface area contributed by atoms with Crippen LogP contribution in [-0.2, 0) is 19.1 Å². The number of carbonyl (C=O) groups is 4. The predicted molar refractivity (Wildman–Crippen MR) is 98.8 cm³/mol. The van der Waals surface area contributed by atoms with Crippen molar-refractivity contribution in [1.82, 2.24) is 0 Å². The van der Waals surface area contributed by atoms with Gasteiger partial charge in [-0.05, 0) is 48.5 Å². The second kappa shape index (κ2) is 10.1. The molecular weight excluding hydrogens is 400 g/mol. The maximum atomic E-state index is 11.9. The molecule has 0 bridgehead atoms. The fourth-order valence-corrected chi connectivity index (χ4v) is 2.14. The monoisotopic (exact) mass is 418 g/mol. The van der Waals surface area contributed by atoms with Crippen LogP contribution >= 0.6 is 0 Å². The van der Waals surface area contributed by atoms with Crippen LogP contribution in [0.2, 0.25) is 0 Å². The van der Waals surface area contributed by atoms with Gasteiger partial charge in [0.2, 0.25) is 0 Å². The summed E-state index contributed by atoms with van der Waals surface area (Å²) < 4.78 is 18.8. The largest absolute Gasteiger partial charge is 0.497 e. The van der Waals surface area contributed by atoms with Gasteiger partial charge in [0.15, 0.2) is 0 Å². The summed E-state index contributed by atoms with van der Waals surface area (Å²) in [6.45, 7) is 0. The van der Waals surface area contributed by atoms with Crippen molar-refractivity contribution in [2.45, 2.75) is 12.6 Å². The molecule has 158 valence electrons. The quantitative estimate of drug-likeness (QED) is 0.335. The van der Waals surface area contributed by atoms with E-state index < -0.39 is 36.1 Å².